The molecule has 0 bridgehead atoms. The molecule has 0 spiro atoms. The molecule has 0 unspecified atom stereocenters. The lowest BCUT2D eigenvalue weighted by Crippen LogP contribution is -2.19. The van der Waals surface area contributed by atoms with E-state index in [2.05, 4.69) is 4.98 Å². The maximum absolute atomic E-state index is 6.39. The van der Waals surface area contributed by atoms with Crippen molar-refractivity contribution in [1.29, 1.82) is 0 Å². The fourth-order valence-corrected chi connectivity index (χ4v) is 3.63. The SMILES string of the molecule is Cc1ncc(COc2ccc3oc(C)c(C4(N)CC4)c3c2)s1. The number of hydrogen-bond acceptors (Lipinski definition) is 5. The predicted molar refractivity (Wildman–Crippen MR) is 87.2 cm³/mol. The van der Waals surface area contributed by atoms with Gasteiger partial charge in [-0.25, -0.2) is 4.98 Å². The summed E-state index contributed by atoms with van der Waals surface area (Å²) in [5.41, 5.74) is 8.20. The van der Waals surface area contributed by atoms with Crippen LogP contribution in [0.1, 0.15) is 34.1 Å². The van der Waals surface area contributed by atoms with Gasteiger partial charge < -0.3 is 14.9 Å². The molecule has 0 atom stereocenters. The molecule has 0 radical (unpaired) electrons. The number of thiazole rings is 1. The minimum absolute atomic E-state index is 0.206. The molecule has 2 aromatic heterocycles. The van der Waals surface area contributed by atoms with Crippen LogP contribution in [-0.4, -0.2) is 4.98 Å². The van der Waals surface area contributed by atoms with Gasteiger partial charge in [-0.1, -0.05) is 0 Å². The van der Waals surface area contributed by atoms with Crippen molar-refractivity contribution in [2.45, 2.75) is 38.8 Å². The van der Waals surface area contributed by atoms with Crippen molar-refractivity contribution >= 4 is 22.3 Å². The van der Waals surface area contributed by atoms with Crippen LogP contribution in [-0.2, 0) is 12.1 Å². The van der Waals surface area contributed by atoms with Crippen LogP contribution in [0, 0.1) is 13.8 Å². The van der Waals surface area contributed by atoms with E-state index in [4.69, 9.17) is 14.9 Å². The van der Waals surface area contributed by atoms with Crippen LogP contribution >= 0.6 is 11.3 Å². The number of ether oxygens (including phenoxy) is 1. The van der Waals surface area contributed by atoms with E-state index < -0.39 is 0 Å². The maximum atomic E-state index is 6.39. The van der Waals surface area contributed by atoms with E-state index in [0.29, 0.717) is 6.61 Å². The maximum Gasteiger partial charge on any atom is 0.134 e. The molecule has 5 heteroatoms. The zero-order chi connectivity index (χ0) is 15.3. The number of benzene rings is 1. The average molecular weight is 314 g/mol. The Labute approximate surface area is 132 Å². The molecule has 1 saturated carbocycles. The minimum atomic E-state index is -0.206. The standard InChI is InChI=1S/C17H18N2O2S/c1-10-16(17(18)5-6-17)14-7-12(3-4-15(14)21-10)20-9-13-8-19-11(2)22-13/h3-4,7-8H,5-6,9,18H2,1-2H3. The first-order chi connectivity index (χ1) is 10.5. The largest absolute Gasteiger partial charge is 0.488 e. The number of furan rings is 1. The van der Waals surface area contributed by atoms with Gasteiger partial charge in [0.1, 0.15) is 23.7 Å². The molecule has 0 amide bonds. The van der Waals surface area contributed by atoms with Gasteiger partial charge in [0.15, 0.2) is 0 Å². The first kappa shape index (κ1) is 13.8. The molecule has 2 N–H and O–H groups in total. The van der Waals surface area contributed by atoms with Crippen molar-refractivity contribution in [3.05, 3.63) is 45.6 Å². The highest BCUT2D eigenvalue weighted by molar-refractivity contribution is 7.11. The van der Waals surface area contributed by atoms with Gasteiger partial charge in [0.2, 0.25) is 0 Å². The molecule has 0 aliphatic heterocycles. The van der Waals surface area contributed by atoms with Crippen molar-refractivity contribution in [2.75, 3.05) is 0 Å². The van der Waals surface area contributed by atoms with Crippen molar-refractivity contribution < 1.29 is 9.15 Å². The molecule has 4 rings (SSSR count). The zero-order valence-corrected chi connectivity index (χ0v) is 13.5. The summed E-state index contributed by atoms with van der Waals surface area (Å²) in [5.74, 6) is 1.76. The monoisotopic (exact) mass is 314 g/mol. The summed E-state index contributed by atoms with van der Waals surface area (Å²) in [5, 5.41) is 2.14. The second-order valence-electron chi connectivity index (χ2n) is 5.98. The molecule has 1 aliphatic rings. The van der Waals surface area contributed by atoms with Crippen LogP contribution in [0.25, 0.3) is 11.0 Å². The summed E-state index contributed by atoms with van der Waals surface area (Å²) < 4.78 is 11.7. The predicted octanol–water partition coefficient (Wildman–Crippen LogP) is 4.03. The van der Waals surface area contributed by atoms with E-state index >= 15 is 0 Å². The Morgan fingerprint density at radius 3 is 2.86 bits per heavy atom. The zero-order valence-electron chi connectivity index (χ0n) is 12.7. The highest BCUT2D eigenvalue weighted by Gasteiger charge is 2.43. The molecule has 0 saturated heterocycles. The second-order valence-corrected chi connectivity index (χ2v) is 7.30. The quantitative estimate of drug-likeness (QED) is 0.789. The first-order valence-electron chi connectivity index (χ1n) is 7.42. The molecule has 1 fully saturated rings. The molecular formula is C17H18N2O2S. The number of aryl methyl sites for hydroxylation is 2. The van der Waals surface area contributed by atoms with Gasteiger partial charge in [-0.15, -0.1) is 11.3 Å². The number of fused-ring (bicyclic) bond motifs is 1. The molecule has 1 aromatic carbocycles. The van der Waals surface area contributed by atoms with E-state index in [9.17, 15) is 0 Å². The minimum Gasteiger partial charge on any atom is -0.488 e. The average Bonchev–Trinajstić information content (AvgIpc) is 2.94. The summed E-state index contributed by atoms with van der Waals surface area (Å²) in [6.07, 6.45) is 3.91. The summed E-state index contributed by atoms with van der Waals surface area (Å²) in [6, 6.07) is 5.95. The van der Waals surface area contributed by atoms with E-state index in [0.717, 1.165) is 50.8 Å². The summed E-state index contributed by atoms with van der Waals surface area (Å²) >= 11 is 1.66. The highest BCUT2D eigenvalue weighted by Crippen LogP contribution is 2.48. The van der Waals surface area contributed by atoms with E-state index in [1.165, 1.54) is 0 Å². The molecule has 3 aromatic rings. The molecule has 1 aliphatic carbocycles. The third-order valence-corrected chi connectivity index (χ3v) is 5.06. The number of nitrogens with two attached hydrogens (primary N) is 1. The lowest BCUT2D eigenvalue weighted by atomic mass is 10.0. The van der Waals surface area contributed by atoms with Gasteiger partial charge in [0, 0.05) is 22.7 Å². The van der Waals surface area contributed by atoms with Crippen molar-refractivity contribution in [2.24, 2.45) is 5.73 Å². The van der Waals surface area contributed by atoms with E-state index in [1.807, 2.05) is 38.2 Å². The number of rotatable bonds is 4. The first-order valence-corrected chi connectivity index (χ1v) is 8.23. The summed E-state index contributed by atoms with van der Waals surface area (Å²) in [6.45, 7) is 4.52. The van der Waals surface area contributed by atoms with Gasteiger partial charge in [-0.2, -0.15) is 0 Å². The number of aromatic nitrogens is 1. The van der Waals surface area contributed by atoms with Gasteiger partial charge in [0.25, 0.3) is 0 Å². The Bertz CT molecular complexity index is 846. The van der Waals surface area contributed by atoms with Crippen LogP contribution in [0.2, 0.25) is 0 Å². The second kappa shape index (κ2) is 4.83. The Balaban J connectivity index is 1.65. The smallest absolute Gasteiger partial charge is 0.134 e. The number of hydrogen-bond donors (Lipinski definition) is 1. The van der Waals surface area contributed by atoms with Gasteiger partial charge in [-0.05, 0) is 44.9 Å². The van der Waals surface area contributed by atoms with Gasteiger partial charge in [0.05, 0.1) is 9.88 Å². The third-order valence-electron chi connectivity index (χ3n) is 4.17. The topological polar surface area (TPSA) is 61.3 Å². The normalized spacial score (nSPS) is 16.1. The van der Waals surface area contributed by atoms with Crippen molar-refractivity contribution in [1.82, 2.24) is 4.98 Å². The Morgan fingerprint density at radius 1 is 1.36 bits per heavy atom. The lowest BCUT2D eigenvalue weighted by molar-refractivity contribution is 0.310. The van der Waals surface area contributed by atoms with Gasteiger partial charge >= 0.3 is 0 Å². The lowest BCUT2D eigenvalue weighted by Gasteiger charge is -2.09. The van der Waals surface area contributed by atoms with Crippen molar-refractivity contribution in [3.8, 4) is 5.75 Å². The van der Waals surface area contributed by atoms with Gasteiger partial charge in [-0.3, -0.25) is 0 Å². The molecule has 22 heavy (non-hydrogen) atoms. The van der Waals surface area contributed by atoms with Crippen LogP contribution in [0.3, 0.4) is 0 Å². The highest BCUT2D eigenvalue weighted by atomic mass is 32.1. The van der Waals surface area contributed by atoms with Crippen LogP contribution in [0.4, 0.5) is 0 Å². The fraction of sp³-hybridized carbons (Fsp3) is 0.353. The molecule has 4 nitrogen and oxygen atoms in total. The van der Waals surface area contributed by atoms with Crippen LogP contribution < -0.4 is 10.5 Å². The third kappa shape index (κ3) is 2.30. The Hall–Kier alpha value is -1.85. The Morgan fingerprint density at radius 2 is 2.18 bits per heavy atom. The molecule has 2 heterocycles. The van der Waals surface area contributed by atoms with Crippen LogP contribution in [0.15, 0.2) is 28.8 Å². The number of nitrogens with zero attached hydrogens (tertiary/aromatic N) is 1. The molecule has 114 valence electrons. The Kier molecular flexibility index (Phi) is 3.03. The summed E-state index contributed by atoms with van der Waals surface area (Å²) in [4.78, 5) is 5.37. The van der Waals surface area contributed by atoms with E-state index in [-0.39, 0.29) is 5.54 Å². The fourth-order valence-electron chi connectivity index (χ4n) is 2.92. The van der Waals surface area contributed by atoms with Crippen molar-refractivity contribution in [3.63, 3.8) is 0 Å². The van der Waals surface area contributed by atoms with Crippen LogP contribution in [0.5, 0.6) is 5.75 Å². The summed E-state index contributed by atoms with van der Waals surface area (Å²) in [7, 11) is 0. The van der Waals surface area contributed by atoms with E-state index in [1.54, 1.807) is 11.3 Å². The molecular weight excluding hydrogens is 296 g/mol.